The lowest BCUT2D eigenvalue weighted by Gasteiger charge is -2.07. The number of unbranched alkanes of at least 4 members (excludes halogenated alkanes) is 8. The molecule has 0 unspecified atom stereocenters. The molecule has 0 fully saturated rings. The van der Waals surface area contributed by atoms with Gasteiger partial charge in [-0.1, -0.05) is 51.4 Å². The van der Waals surface area contributed by atoms with E-state index in [1.807, 2.05) is 0 Å². The van der Waals surface area contributed by atoms with Gasteiger partial charge in [0.2, 0.25) is 0 Å². The van der Waals surface area contributed by atoms with Gasteiger partial charge in [0.25, 0.3) is 0 Å². The van der Waals surface area contributed by atoms with Crippen LogP contribution in [-0.4, -0.2) is 46.1 Å². The van der Waals surface area contributed by atoms with Gasteiger partial charge >= 0.3 is 6.00 Å². The highest BCUT2D eigenvalue weighted by Crippen LogP contribution is 2.27. The van der Waals surface area contributed by atoms with Gasteiger partial charge in [0, 0.05) is 26.9 Å². The summed E-state index contributed by atoms with van der Waals surface area (Å²) in [7, 11) is 1.68. The number of ether oxygens (including phenoxy) is 3. The SMILES string of the molecule is COCCOCCCOCCCCCCCCCCC[Si](Cl)(Cl)Cl. The third kappa shape index (κ3) is 23.0. The molecular formula is C17H35Cl3O3Si. The van der Waals surface area contributed by atoms with Gasteiger partial charge in [0.15, 0.2) is 0 Å². The van der Waals surface area contributed by atoms with E-state index in [1.165, 1.54) is 51.4 Å². The van der Waals surface area contributed by atoms with Crippen molar-refractivity contribution in [1.82, 2.24) is 0 Å². The number of hydrogen-bond acceptors (Lipinski definition) is 3. The summed E-state index contributed by atoms with van der Waals surface area (Å²) in [5.74, 6) is 0. The predicted octanol–water partition coefficient (Wildman–Crippen LogP) is 6.22. The molecule has 7 heteroatoms. The number of halogens is 3. The quantitative estimate of drug-likeness (QED) is 0.141. The van der Waals surface area contributed by atoms with Crippen LogP contribution >= 0.6 is 33.2 Å². The Balaban J connectivity index is 3.00. The van der Waals surface area contributed by atoms with E-state index >= 15 is 0 Å². The molecule has 0 N–H and O–H groups in total. The molecule has 0 aliphatic carbocycles. The minimum absolute atomic E-state index is 0.664. The molecule has 0 radical (unpaired) electrons. The molecule has 0 heterocycles. The fourth-order valence-electron chi connectivity index (χ4n) is 2.38. The van der Waals surface area contributed by atoms with E-state index in [4.69, 9.17) is 47.4 Å². The second kappa shape index (κ2) is 18.7. The molecule has 146 valence electrons. The second-order valence-corrected chi connectivity index (χ2v) is 15.4. The van der Waals surface area contributed by atoms with Crippen molar-refractivity contribution >= 4 is 39.2 Å². The van der Waals surface area contributed by atoms with E-state index in [9.17, 15) is 0 Å². The molecule has 0 aromatic heterocycles. The van der Waals surface area contributed by atoms with Crippen LogP contribution in [0.2, 0.25) is 6.04 Å². The maximum atomic E-state index is 5.86. The molecule has 0 aliphatic rings. The van der Waals surface area contributed by atoms with Gasteiger partial charge in [-0.05, 0) is 18.9 Å². The highest BCUT2D eigenvalue weighted by molar-refractivity contribution is 7.64. The van der Waals surface area contributed by atoms with Gasteiger partial charge < -0.3 is 14.2 Å². The summed E-state index contributed by atoms with van der Waals surface area (Å²) in [6.45, 7) is 3.76. The Hall–Kier alpha value is 0.967. The summed E-state index contributed by atoms with van der Waals surface area (Å²) >= 11 is 17.6. The molecule has 0 saturated heterocycles. The van der Waals surface area contributed by atoms with E-state index in [-0.39, 0.29) is 0 Å². The van der Waals surface area contributed by atoms with Crippen LogP contribution in [0.4, 0.5) is 0 Å². The molecule has 0 amide bonds. The van der Waals surface area contributed by atoms with Crippen molar-refractivity contribution in [3.8, 4) is 0 Å². The normalized spacial score (nSPS) is 12.0. The first kappa shape index (κ1) is 25.0. The van der Waals surface area contributed by atoms with Crippen LogP contribution in [0.25, 0.3) is 0 Å². The van der Waals surface area contributed by atoms with Gasteiger partial charge in [-0.15, -0.1) is 33.2 Å². The van der Waals surface area contributed by atoms with E-state index in [2.05, 4.69) is 0 Å². The zero-order valence-corrected chi connectivity index (χ0v) is 18.4. The van der Waals surface area contributed by atoms with Gasteiger partial charge in [-0.25, -0.2) is 0 Å². The standard InChI is InChI=1S/C17H35Cl3O3Si/c1-21-15-16-23-14-11-13-22-12-9-7-5-3-2-4-6-8-10-17-24(18,19)20/h2-17H2,1H3. The Morgan fingerprint density at radius 3 is 1.54 bits per heavy atom. The third-order valence-electron chi connectivity index (χ3n) is 3.76. The van der Waals surface area contributed by atoms with Crippen molar-refractivity contribution in [2.24, 2.45) is 0 Å². The molecule has 0 aromatic rings. The summed E-state index contributed by atoms with van der Waals surface area (Å²) in [4.78, 5) is 0. The Morgan fingerprint density at radius 2 is 1.00 bits per heavy atom. The number of rotatable bonds is 19. The molecule has 3 nitrogen and oxygen atoms in total. The van der Waals surface area contributed by atoms with Crippen LogP contribution in [0.5, 0.6) is 0 Å². The Labute approximate surface area is 163 Å². The van der Waals surface area contributed by atoms with Crippen LogP contribution in [0.3, 0.4) is 0 Å². The summed E-state index contributed by atoms with van der Waals surface area (Å²) in [6.07, 6.45) is 12.2. The first-order valence-electron chi connectivity index (χ1n) is 9.27. The van der Waals surface area contributed by atoms with Crippen molar-refractivity contribution in [3.05, 3.63) is 0 Å². The van der Waals surface area contributed by atoms with Crippen LogP contribution in [0.1, 0.15) is 64.2 Å². The maximum Gasteiger partial charge on any atom is 0.341 e. The molecule has 0 aromatic carbocycles. The first-order chi connectivity index (χ1) is 11.6. The largest absolute Gasteiger partial charge is 0.382 e. The monoisotopic (exact) mass is 420 g/mol. The van der Waals surface area contributed by atoms with Crippen LogP contribution in [0.15, 0.2) is 0 Å². The Bertz CT molecular complexity index is 254. The van der Waals surface area contributed by atoms with Crippen LogP contribution < -0.4 is 0 Å². The fraction of sp³-hybridized carbons (Fsp3) is 1.00. The lowest BCUT2D eigenvalue weighted by molar-refractivity contribution is 0.0508. The van der Waals surface area contributed by atoms with Crippen molar-refractivity contribution in [3.63, 3.8) is 0 Å². The van der Waals surface area contributed by atoms with Crippen molar-refractivity contribution in [2.45, 2.75) is 70.3 Å². The number of hydrogen-bond donors (Lipinski definition) is 0. The average Bonchev–Trinajstić information content (AvgIpc) is 2.52. The maximum absolute atomic E-state index is 5.86. The summed E-state index contributed by atoms with van der Waals surface area (Å²) in [5, 5.41) is 0. The molecule has 0 spiro atoms. The highest BCUT2D eigenvalue weighted by atomic mass is 35.8. The van der Waals surface area contributed by atoms with Gasteiger partial charge in [-0.2, -0.15) is 0 Å². The number of methoxy groups -OCH3 is 1. The molecule has 0 bridgehead atoms. The van der Waals surface area contributed by atoms with E-state index < -0.39 is 6.00 Å². The third-order valence-corrected chi connectivity index (χ3v) is 6.38. The lowest BCUT2D eigenvalue weighted by atomic mass is 10.1. The average molecular weight is 422 g/mol. The van der Waals surface area contributed by atoms with Crippen LogP contribution in [0, 0.1) is 0 Å². The summed E-state index contributed by atoms with van der Waals surface area (Å²) < 4.78 is 15.9. The van der Waals surface area contributed by atoms with Gasteiger partial charge in [0.05, 0.1) is 13.2 Å². The van der Waals surface area contributed by atoms with E-state index in [0.29, 0.717) is 13.2 Å². The van der Waals surface area contributed by atoms with Crippen molar-refractivity contribution in [1.29, 1.82) is 0 Å². The fourth-order valence-corrected chi connectivity index (χ4v) is 4.23. The molecule has 24 heavy (non-hydrogen) atoms. The van der Waals surface area contributed by atoms with E-state index in [1.54, 1.807) is 7.11 Å². The van der Waals surface area contributed by atoms with Crippen molar-refractivity contribution < 1.29 is 14.2 Å². The predicted molar refractivity (Wildman–Crippen MR) is 108 cm³/mol. The zero-order valence-electron chi connectivity index (χ0n) is 15.2. The molecular weight excluding hydrogens is 387 g/mol. The Kier molecular flexibility index (Phi) is 19.5. The van der Waals surface area contributed by atoms with E-state index in [0.717, 1.165) is 38.7 Å². The first-order valence-corrected chi connectivity index (χ1v) is 14.5. The highest BCUT2D eigenvalue weighted by Gasteiger charge is 2.23. The molecule has 0 rings (SSSR count). The molecule has 0 aliphatic heterocycles. The van der Waals surface area contributed by atoms with Crippen LogP contribution in [-0.2, 0) is 14.2 Å². The van der Waals surface area contributed by atoms with Crippen molar-refractivity contribution in [2.75, 3.05) is 40.1 Å². The molecule has 0 atom stereocenters. The van der Waals surface area contributed by atoms with Gasteiger partial charge in [0.1, 0.15) is 0 Å². The molecule has 0 saturated carbocycles. The minimum Gasteiger partial charge on any atom is -0.382 e. The summed E-state index contributed by atoms with van der Waals surface area (Å²) in [5.41, 5.74) is 0. The van der Waals surface area contributed by atoms with Gasteiger partial charge in [-0.3, -0.25) is 0 Å². The Morgan fingerprint density at radius 1 is 0.542 bits per heavy atom. The smallest absolute Gasteiger partial charge is 0.341 e. The topological polar surface area (TPSA) is 27.7 Å². The second-order valence-electron chi connectivity index (χ2n) is 6.12. The zero-order chi connectivity index (χ0) is 17.9. The lowest BCUT2D eigenvalue weighted by Crippen LogP contribution is -2.07. The minimum atomic E-state index is -2.38. The summed E-state index contributed by atoms with van der Waals surface area (Å²) in [6, 6.07) is -1.57.